The highest BCUT2D eigenvalue weighted by molar-refractivity contribution is 6.33. The lowest BCUT2D eigenvalue weighted by molar-refractivity contribution is 0.0905. The van der Waals surface area contributed by atoms with Gasteiger partial charge in [0.2, 0.25) is 0 Å². The van der Waals surface area contributed by atoms with Crippen LogP contribution < -0.4 is 11.1 Å². The lowest BCUT2D eigenvalue weighted by Crippen LogP contribution is -2.41. The van der Waals surface area contributed by atoms with Crippen molar-refractivity contribution in [2.45, 2.75) is 45.1 Å². The summed E-state index contributed by atoms with van der Waals surface area (Å²) < 4.78 is 0. The van der Waals surface area contributed by atoms with Crippen LogP contribution in [0.25, 0.3) is 0 Å². The molecule has 0 aromatic heterocycles. The monoisotopic (exact) mass is 280 g/mol. The Morgan fingerprint density at radius 3 is 2.84 bits per heavy atom. The average molecular weight is 281 g/mol. The Kier molecular flexibility index (Phi) is 4.70. The van der Waals surface area contributed by atoms with E-state index in [4.69, 9.17) is 17.3 Å². The van der Waals surface area contributed by atoms with Gasteiger partial charge in [0, 0.05) is 11.6 Å². The van der Waals surface area contributed by atoms with Gasteiger partial charge in [-0.25, -0.2) is 0 Å². The van der Waals surface area contributed by atoms with E-state index < -0.39 is 0 Å². The quantitative estimate of drug-likeness (QED) is 0.831. The third-order valence-electron chi connectivity index (χ3n) is 4.01. The fraction of sp³-hybridized carbons (Fsp3) is 0.533. The van der Waals surface area contributed by atoms with E-state index in [1.54, 1.807) is 18.2 Å². The smallest absolute Gasteiger partial charge is 0.251 e. The molecule has 104 valence electrons. The van der Waals surface area contributed by atoms with Crippen molar-refractivity contribution in [3.63, 3.8) is 0 Å². The van der Waals surface area contributed by atoms with Gasteiger partial charge in [-0.15, -0.1) is 0 Å². The fourth-order valence-corrected chi connectivity index (χ4v) is 2.99. The Morgan fingerprint density at radius 2 is 2.16 bits per heavy atom. The van der Waals surface area contributed by atoms with Gasteiger partial charge < -0.3 is 11.1 Å². The molecule has 1 aliphatic carbocycles. The van der Waals surface area contributed by atoms with Gasteiger partial charge in [0.25, 0.3) is 5.91 Å². The zero-order valence-corrected chi connectivity index (χ0v) is 12.0. The highest BCUT2D eigenvalue weighted by atomic mass is 35.5. The number of carbonyl (C=O) groups is 1. The molecule has 1 saturated carbocycles. The standard InChI is InChI=1S/C15H21ClN2O/c1-2-10-5-3-4-6-14(10)18-15(19)11-7-8-13(17)12(16)9-11/h7-10,14H,2-6,17H2,1H3,(H,18,19). The molecule has 0 aliphatic heterocycles. The molecule has 0 heterocycles. The average Bonchev–Trinajstić information content (AvgIpc) is 2.42. The first-order valence-electron chi connectivity index (χ1n) is 6.97. The van der Waals surface area contributed by atoms with E-state index in [-0.39, 0.29) is 5.91 Å². The summed E-state index contributed by atoms with van der Waals surface area (Å²) in [5.41, 5.74) is 6.74. The molecule has 0 radical (unpaired) electrons. The summed E-state index contributed by atoms with van der Waals surface area (Å²) in [6.07, 6.45) is 5.88. The lowest BCUT2D eigenvalue weighted by atomic mass is 9.83. The van der Waals surface area contributed by atoms with Crippen LogP contribution in [0.2, 0.25) is 5.02 Å². The van der Waals surface area contributed by atoms with Crippen LogP contribution in [0.15, 0.2) is 18.2 Å². The highest BCUT2D eigenvalue weighted by Crippen LogP contribution is 2.27. The van der Waals surface area contributed by atoms with Crippen LogP contribution in [0.1, 0.15) is 49.4 Å². The molecule has 0 bridgehead atoms. The summed E-state index contributed by atoms with van der Waals surface area (Å²) in [7, 11) is 0. The van der Waals surface area contributed by atoms with E-state index in [0.29, 0.717) is 28.2 Å². The van der Waals surface area contributed by atoms with Crippen molar-refractivity contribution >= 4 is 23.2 Å². The highest BCUT2D eigenvalue weighted by Gasteiger charge is 2.25. The molecule has 4 heteroatoms. The maximum atomic E-state index is 12.2. The van der Waals surface area contributed by atoms with Crippen LogP contribution in [0.4, 0.5) is 5.69 Å². The molecule has 1 aliphatic rings. The first-order valence-corrected chi connectivity index (χ1v) is 7.35. The molecular formula is C15H21ClN2O. The van der Waals surface area contributed by atoms with Gasteiger partial charge in [0.15, 0.2) is 0 Å². The molecule has 3 N–H and O–H groups in total. The number of hydrogen-bond donors (Lipinski definition) is 2. The molecule has 1 aromatic rings. The minimum absolute atomic E-state index is 0.0488. The van der Waals surface area contributed by atoms with Gasteiger partial charge >= 0.3 is 0 Å². The summed E-state index contributed by atoms with van der Waals surface area (Å²) in [6.45, 7) is 2.19. The van der Waals surface area contributed by atoms with Gasteiger partial charge in [-0.1, -0.05) is 37.8 Å². The number of nitrogens with one attached hydrogen (secondary N) is 1. The predicted molar refractivity (Wildman–Crippen MR) is 79.4 cm³/mol. The van der Waals surface area contributed by atoms with Gasteiger partial charge in [-0.2, -0.15) is 0 Å². The van der Waals surface area contributed by atoms with Crippen LogP contribution in [-0.4, -0.2) is 11.9 Å². The van der Waals surface area contributed by atoms with Crippen LogP contribution in [0.3, 0.4) is 0 Å². The van der Waals surface area contributed by atoms with Crippen molar-refractivity contribution in [3.05, 3.63) is 28.8 Å². The molecule has 1 fully saturated rings. The number of hydrogen-bond acceptors (Lipinski definition) is 2. The predicted octanol–water partition coefficient (Wildman–Crippen LogP) is 3.62. The number of amides is 1. The number of benzene rings is 1. The van der Waals surface area contributed by atoms with E-state index in [1.807, 2.05) is 0 Å². The zero-order valence-electron chi connectivity index (χ0n) is 11.3. The van der Waals surface area contributed by atoms with E-state index in [9.17, 15) is 4.79 Å². The van der Waals surface area contributed by atoms with Crippen LogP contribution >= 0.6 is 11.6 Å². The lowest BCUT2D eigenvalue weighted by Gasteiger charge is -2.31. The maximum absolute atomic E-state index is 12.2. The van der Waals surface area contributed by atoms with Crippen LogP contribution in [0.5, 0.6) is 0 Å². The van der Waals surface area contributed by atoms with E-state index in [0.717, 1.165) is 12.8 Å². The van der Waals surface area contributed by atoms with Gasteiger partial charge in [-0.05, 0) is 37.0 Å². The van der Waals surface area contributed by atoms with Crippen molar-refractivity contribution in [1.29, 1.82) is 0 Å². The first-order chi connectivity index (χ1) is 9.11. The third kappa shape index (κ3) is 3.41. The molecular weight excluding hydrogens is 260 g/mol. The second-order valence-electron chi connectivity index (χ2n) is 5.27. The Labute approximate surface area is 119 Å². The van der Waals surface area contributed by atoms with E-state index >= 15 is 0 Å². The summed E-state index contributed by atoms with van der Waals surface area (Å²) >= 11 is 5.95. The number of carbonyl (C=O) groups excluding carboxylic acids is 1. The van der Waals surface area contributed by atoms with Crippen molar-refractivity contribution in [3.8, 4) is 0 Å². The Morgan fingerprint density at radius 1 is 1.42 bits per heavy atom. The van der Waals surface area contributed by atoms with Gasteiger partial charge in [-0.3, -0.25) is 4.79 Å². The summed E-state index contributed by atoms with van der Waals surface area (Å²) in [5, 5.41) is 3.58. The number of anilines is 1. The second kappa shape index (κ2) is 6.29. The Bertz CT molecular complexity index is 461. The number of nitrogens with two attached hydrogens (primary N) is 1. The van der Waals surface area contributed by atoms with Gasteiger partial charge in [0.05, 0.1) is 10.7 Å². The zero-order chi connectivity index (χ0) is 13.8. The fourth-order valence-electron chi connectivity index (χ4n) is 2.81. The summed E-state index contributed by atoms with van der Waals surface area (Å²) in [6, 6.07) is 5.33. The van der Waals surface area contributed by atoms with Gasteiger partial charge in [0.1, 0.15) is 0 Å². The molecule has 3 nitrogen and oxygen atoms in total. The number of nitrogen functional groups attached to an aromatic ring is 1. The summed E-state index contributed by atoms with van der Waals surface area (Å²) in [5.74, 6) is 0.550. The molecule has 1 aromatic carbocycles. The number of halogens is 1. The Hall–Kier alpha value is -1.22. The third-order valence-corrected chi connectivity index (χ3v) is 4.34. The first kappa shape index (κ1) is 14.2. The largest absolute Gasteiger partial charge is 0.398 e. The van der Waals surface area contributed by atoms with Crippen molar-refractivity contribution in [2.75, 3.05) is 5.73 Å². The molecule has 1 amide bonds. The number of rotatable bonds is 3. The molecule has 2 unspecified atom stereocenters. The molecule has 2 atom stereocenters. The van der Waals surface area contributed by atoms with E-state index in [2.05, 4.69) is 12.2 Å². The van der Waals surface area contributed by atoms with Crippen LogP contribution in [0, 0.1) is 5.92 Å². The minimum Gasteiger partial charge on any atom is -0.398 e. The van der Waals surface area contributed by atoms with Crippen molar-refractivity contribution < 1.29 is 4.79 Å². The van der Waals surface area contributed by atoms with Crippen molar-refractivity contribution in [2.24, 2.45) is 5.92 Å². The second-order valence-corrected chi connectivity index (χ2v) is 5.68. The van der Waals surface area contributed by atoms with Crippen molar-refractivity contribution in [1.82, 2.24) is 5.32 Å². The minimum atomic E-state index is -0.0488. The molecule has 2 rings (SSSR count). The van der Waals surface area contributed by atoms with Crippen LogP contribution in [-0.2, 0) is 0 Å². The molecule has 0 saturated heterocycles. The molecule has 19 heavy (non-hydrogen) atoms. The topological polar surface area (TPSA) is 55.1 Å². The normalized spacial score (nSPS) is 23.1. The maximum Gasteiger partial charge on any atom is 0.251 e. The Balaban J connectivity index is 2.05. The SMILES string of the molecule is CCC1CCCCC1NC(=O)c1ccc(N)c(Cl)c1. The van der Waals surface area contributed by atoms with E-state index in [1.165, 1.54) is 19.3 Å². The molecule has 0 spiro atoms. The summed E-state index contributed by atoms with van der Waals surface area (Å²) in [4.78, 5) is 12.2.